The van der Waals surface area contributed by atoms with Crippen LogP contribution in [0.3, 0.4) is 0 Å². The van der Waals surface area contributed by atoms with E-state index in [0.29, 0.717) is 18.0 Å². The van der Waals surface area contributed by atoms with Crippen LogP contribution in [0, 0.1) is 0 Å². The molecule has 1 heterocycles. The number of hydrogen-bond donors (Lipinski definition) is 1. The first kappa shape index (κ1) is 14.3. The van der Waals surface area contributed by atoms with Crippen molar-refractivity contribution >= 4 is 17.5 Å². The van der Waals surface area contributed by atoms with Gasteiger partial charge < -0.3 is 10.6 Å². The van der Waals surface area contributed by atoms with Crippen LogP contribution in [0.4, 0.5) is 4.39 Å². The fourth-order valence-electron chi connectivity index (χ4n) is 2.34. The van der Waals surface area contributed by atoms with E-state index in [9.17, 15) is 9.18 Å². The van der Waals surface area contributed by atoms with Crippen LogP contribution in [-0.4, -0.2) is 36.1 Å². The summed E-state index contributed by atoms with van der Waals surface area (Å²) in [5, 5.41) is 0.619. The normalized spacial score (nSPS) is 22.3. The molecule has 0 saturated carbocycles. The zero-order chi connectivity index (χ0) is 14.0. The van der Waals surface area contributed by atoms with Gasteiger partial charge in [0.25, 0.3) is 0 Å². The SMILES string of the molecule is C[C@@H](c1cccc(Cl)c1)[C@H](N)C(=O)N1CC[C@H](F)C1. The van der Waals surface area contributed by atoms with Crippen LogP contribution in [0.2, 0.25) is 5.02 Å². The third kappa shape index (κ3) is 3.25. The van der Waals surface area contributed by atoms with Gasteiger partial charge in [-0.25, -0.2) is 4.39 Å². The molecule has 104 valence electrons. The molecular weight excluding hydrogens is 267 g/mol. The standard InChI is InChI=1S/C14H18ClFN2O/c1-9(10-3-2-4-11(15)7-10)13(17)14(19)18-6-5-12(16)8-18/h2-4,7,9,12-13H,5-6,8,17H2,1H3/t9-,12-,13-/m0/s1. The summed E-state index contributed by atoms with van der Waals surface area (Å²) < 4.78 is 13.1. The third-order valence-electron chi connectivity index (χ3n) is 3.64. The van der Waals surface area contributed by atoms with Gasteiger partial charge in [0.15, 0.2) is 0 Å². The lowest BCUT2D eigenvalue weighted by atomic mass is 9.93. The lowest BCUT2D eigenvalue weighted by Gasteiger charge is -2.25. The summed E-state index contributed by atoms with van der Waals surface area (Å²) in [4.78, 5) is 13.7. The largest absolute Gasteiger partial charge is 0.338 e. The number of nitrogens with two attached hydrogens (primary N) is 1. The summed E-state index contributed by atoms with van der Waals surface area (Å²) in [5.74, 6) is -0.336. The molecular formula is C14H18ClFN2O. The molecule has 1 fully saturated rings. The first-order valence-corrected chi connectivity index (χ1v) is 6.80. The Hall–Kier alpha value is -1.13. The Kier molecular flexibility index (Phi) is 4.42. The number of alkyl halides is 1. The van der Waals surface area contributed by atoms with Crippen LogP contribution in [0.5, 0.6) is 0 Å². The molecule has 5 heteroatoms. The maximum absolute atomic E-state index is 13.1. The fourth-order valence-corrected chi connectivity index (χ4v) is 2.54. The molecule has 0 radical (unpaired) electrons. The van der Waals surface area contributed by atoms with Crippen LogP contribution in [0.25, 0.3) is 0 Å². The zero-order valence-corrected chi connectivity index (χ0v) is 11.6. The predicted molar refractivity (Wildman–Crippen MR) is 73.9 cm³/mol. The molecule has 1 aliphatic heterocycles. The van der Waals surface area contributed by atoms with Gasteiger partial charge in [0.05, 0.1) is 12.6 Å². The summed E-state index contributed by atoms with van der Waals surface area (Å²) in [5.41, 5.74) is 6.93. The Labute approximate surface area is 117 Å². The molecule has 0 aromatic heterocycles. The smallest absolute Gasteiger partial charge is 0.240 e. The highest BCUT2D eigenvalue weighted by molar-refractivity contribution is 6.30. The van der Waals surface area contributed by atoms with Gasteiger partial charge in [0.2, 0.25) is 5.91 Å². The van der Waals surface area contributed by atoms with E-state index in [1.165, 1.54) is 4.90 Å². The molecule has 2 rings (SSSR count). The zero-order valence-electron chi connectivity index (χ0n) is 10.9. The molecule has 1 aromatic rings. The minimum Gasteiger partial charge on any atom is -0.338 e. The first-order valence-electron chi connectivity index (χ1n) is 6.43. The molecule has 2 N–H and O–H groups in total. The molecule has 0 unspecified atom stereocenters. The van der Waals surface area contributed by atoms with Crippen LogP contribution < -0.4 is 5.73 Å². The van der Waals surface area contributed by atoms with Gasteiger partial charge in [0.1, 0.15) is 6.17 Å². The Bertz CT molecular complexity index is 469. The number of halogens is 2. The Morgan fingerprint density at radius 3 is 2.89 bits per heavy atom. The lowest BCUT2D eigenvalue weighted by molar-refractivity contribution is -0.132. The van der Waals surface area contributed by atoms with E-state index >= 15 is 0 Å². The minimum absolute atomic E-state index is 0.148. The summed E-state index contributed by atoms with van der Waals surface area (Å²) in [6, 6.07) is 6.65. The van der Waals surface area contributed by atoms with Crippen molar-refractivity contribution in [3.63, 3.8) is 0 Å². The summed E-state index contributed by atoms with van der Waals surface area (Å²) >= 11 is 5.93. The molecule has 3 atom stereocenters. The molecule has 0 bridgehead atoms. The van der Waals surface area contributed by atoms with Crippen LogP contribution in [0.15, 0.2) is 24.3 Å². The topological polar surface area (TPSA) is 46.3 Å². The second-order valence-electron chi connectivity index (χ2n) is 5.04. The lowest BCUT2D eigenvalue weighted by Crippen LogP contribution is -2.45. The second kappa shape index (κ2) is 5.88. The quantitative estimate of drug-likeness (QED) is 0.926. The van der Waals surface area contributed by atoms with Gasteiger partial charge in [-0.15, -0.1) is 0 Å². The van der Waals surface area contributed by atoms with Gasteiger partial charge >= 0.3 is 0 Å². The number of carbonyl (C=O) groups excluding carboxylic acids is 1. The van der Waals surface area contributed by atoms with Gasteiger partial charge in [0, 0.05) is 17.5 Å². The minimum atomic E-state index is -0.919. The average molecular weight is 285 g/mol. The van der Waals surface area contributed by atoms with Crippen molar-refractivity contribution in [2.45, 2.75) is 31.5 Å². The van der Waals surface area contributed by atoms with Gasteiger partial charge in [-0.1, -0.05) is 30.7 Å². The first-order chi connectivity index (χ1) is 8.99. The maximum Gasteiger partial charge on any atom is 0.240 e. The monoisotopic (exact) mass is 284 g/mol. The van der Waals surface area contributed by atoms with Crippen molar-refractivity contribution in [3.05, 3.63) is 34.9 Å². The van der Waals surface area contributed by atoms with Crippen LogP contribution in [-0.2, 0) is 4.79 Å². The van der Waals surface area contributed by atoms with Gasteiger partial charge in [-0.05, 0) is 24.1 Å². The van der Waals surface area contributed by atoms with Crippen molar-refractivity contribution in [1.82, 2.24) is 4.90 Å². The Morgan fingerprint density at radius 2 is 2.32 bits per heavy atom. The molecule has 3 nitrogen and oxygen atoms in total. The van der Waals surface area contributed by atoms with E-state index in [2.05, 4.69) is 0 Å². The fraction of sp³-hybridized carbons (Fsp3) is 0.500. The van der Waals surface area contributed by atoms with Gasteiger partial charge in [-0.3, -0.25) is 4.79 Å². The van der Waals surface area contributed by atoms with E-state index in [0.717, 1.165) is 5.56 Å². The van der Waals surface area contributed by atoms with Crippen molar-refractivity contribution in [3.8, 4) is 0 Å². The number of rotatable bonds is 3. The van der Waals surface area contributed by atoms with Crippen LogP contribution in [0.1, 0.15) is 24.8 Å². The van der Waals surface area contributed by atoms with Crippen molar-refractivity contribution in [2.24, 2.45) is 5.73 Å². The molecule has 19 heavy (non-hydrogen) atoms. The van der Waals surface area contributed by atoms with E-state index in [1.807, 2.05) is 19.1 Å². The predicted octanol–water partition coefficient (Wildman–Crippen LogP) is 2.34. The molecule has 0 spiro atoms. The second-order valence-corrected chi connectivity index (χ2v) is 5.48. The molecule has 1 amide bonds. The Morgan fingerprint density at radius 1 is 1.58 bits per heavy atom. The summed E-state index contributed by atoms with van der Waals surface area (Å²) in [7, 11) is 0. The molecule has 0 aliphatic carbocycles. The maximum atomic E-state index is 13.1. The number of nitrogens with zero attached hydrogens (tertiary/aromatic N) is 1. The van der Waals surface area contributed by atoms with Crippen LogP contribution >= 0.6 is 11.6 Å². The van der Waals surface area contributed by atoms with E-state index in [4.69, 9.17) is 17.3 Å². The highest BCUT2D eigenvalue weighted by Crippen LogP contribution is 2.23. The van der Waals surface area contributed by atoms with Crippen molar-refractivity contribution < 1.29 is 9.18 Å². The third-order valence-corrected chi connectivity index (χ3v) is 3.88. The van der Waals surface area contributed by atoms with E-state index in [1.54, 1.807) is 12.1 Å². The van der Waals surface area contributed by atoms with Crippen molar-refractivity contribution in [1.29, 1.82) is 0 Å². The number of benzene rings is 1. The number of hydrogen-bond acceptors (Lipinski definition) is 2. The molecule has 1 aliphatic rings. The summed E-state index contributed by atoms with van der Waals surface area (Å²) in [6.45, 7) is 2.50. The van der Waals surface area contributed by atoms with Gasteiger partial charge in [-0.2, -0.15) is 0 Å². The van der Waals surface area contributed by atoms with E-state index < -0.39 is 12.2 Å². The Balaban J connectivity index is 2.06. The average Bonchev–Trinajstić information content (AvgIpc) is 2.83. The highest BCUT2D eigenvalue weighted by Gasteiger charge is 2.31. The van der Waals surface area contributed by atoms with E-state index in [-0.39, 0.29) is 18.4 Å². The number of carbonyl (C=O) groups is 1. The molecule has 1 aromatic carbocycles. The summed E-state index contributed by atoms with van der Waals surface area (Å²) in [6.07, 6.45) is -0.512. The van der Waals surface area contributed by atoms with Crippen molar-refractivity contribution in [2.75, 3.05) is 13.1 Å². The highest BCUT2D eigenvalue weighted by atomic mass is 35.5. The molecule has 1 saturated heterocycles. The number of amides is 1. The number of likely N-dealkylation sites (tertiary alicyclic amines) is 1.